The molecule has 20 heavy (non-hydrogen) atoms. The van der Waals surface area contributed by atoms with Gasteiger partial charge in [0.25, 0.3) is 0 Å². The molecule has 1 heterocycles. The number of esters is 2. The van der Waals surface area contributed by atoms with E-state index in [2.05, 4.69) is 0 Å². The summed E-state index contributed by atoms with van der Waals surface area (Å²) in [5.41, 5.74) is -1.61. The molecule has 0 aromatic carbocycles. The van der Waals surface area contributed by atoms with Crippen LogP contribution in [0.15, 0.2) is 22.8 Å². The lowest BCUT2D eigenvalue weighted by Gasteiger charge is -2.14. The van der Waals surface area contributed by atoms with Crippen LogP contribution >= 0.6 is 0 Å². The molecular weight excluding hydrogens is 264 g/mol. The summed E-state index contributed by atoms with van der Waals surface area (Å²) >= 11 is 0. The minimum atomic E-state index is -1.61. The van der Waals surface area contributed by atoms with Gasteiger partial charge in [0.05, 0.1) is 31.3 Å². The van der Waals surface area contributed by atoms with E-state index >= 15 is 0 Å². The van der Waals surface area contributed by atoms with Gasteiger partial charge in [-0.15, -0.1) is 0 Å². The van der Waals surface area contributed by atoms with Gasteiger partial charge >= 0.3 is 11.9 Å². The van der Waals surface area contributed by atoms with Crippen LogP contribution in [0.5, 0.6) is 0 Å². The summed E-state index contributed by atoms with van der Waals surface area (Å²) in [7, 11) is 0. The second-order valence-corrected chi connectivity index (χ2v) is 4.46. The Balaban J connectivity index is 2.39. The fourth-order valence-corrected chi connectivity index (χ4v) is 2.58. The summed E-state index contributed by atoms with van der Waals surface area (Å²) in [6.07, 6.45) is 2.01. The van der Waals surface area contributed by atoms with Crippen molar-refractivity contribution in [2.45, 2.75) is 19.8 Å². The number of hydrogen-bond donors (Lipinski definition) is 0. The standard InChI is InChI=1S/C14H16O6/c1-3-18-12(16)14(13(17)19-4-2)9(8-15)11(14)10-6-5-7-20-10/h5-9,11H,3-4H2,1-2H3/t9-,11+/m1/s1. The molecule has 2 atom stereocenters. The smallest absolute Gasteiger partial charge is 0.325 e. The van der Waals surface area contributed by atoms with Crippen LogP contribution in [0.2, 0.25) is 0 Å². The van der Waals surface area contributed by atoms with Crippen molar-refractivity contribution in [3.8, 4) is 0 Å². The van der Waals surface area contributed by atoms with Gasteiger partial charge in [-0.25, -0.2) is 0 Å². The van der Waals surface area contributed by atoms with Gasteiger partial charge in [0.2, 0.25) is 0 Å². The van der Waals surface area contributed by atoms with E-state index in [1.807, 2.05) is 0 Å². The molecule has 6 heteroatoms. The molecule has 0 aliphatic heterocycles. The summed E-state index contributed by atoms with van der Waals surface area (Å²) in [5, 5.41) is 0. The number of furan rings is 1. The van der Waals surface area contributed by atoms with Crippen LogP contribution < -0.4 is 0 Å². The largest absolute Gasteiger partial charge is 0.469 e. The molecule has 108 valence electrons. The van der Waals surface area contributed by atoms with Crippen LogP contribution in [-0.4, -0.2) is 31.4 Å². The van der Waals surface area contributed by atoms with Crippen molar-refractivity contribution in [2.24, 2.45) is 11.3 Å². The van der Waals surface area contributed by atoms with Crippen LogP contribution in [0.4, 0.5) is 0 Å². The highest BCUT2D eigenvalue weighted by molar-refractivity contribution is 6.09. The maximum absolute atomic E-state index is 12.2. The summed E-state index contributed by atoms with van der Waals surface area (Å²) < 4.78 is 15.1. The Labute approximate surface area is 116 Å². The average Bonchev–Trinajstić information content (AvgIpc) is 2.82. The zero-order chi connectivity index (χ0) is 14.8. The third kappa shape index (κ3) is 1.92. The first kappa shape index (κ1) is 14.3. The second-order valence-electron chi connectivity index (χ2n) is 4.46. The van der Waals surface area contributed by atoms with Gasteiger partial charge in [-0.1, -0.05) is 0 Å². The van der Waals surface area contributed by atoms with Crippen molar-refractivity contribution in [3.63, 3.8) is 0 Å². The highest BCUT2D eigenvalue weighted by atomic mass is 16.6. The van der Waals surface area contributed by atoms with Crippen LogP contribution in [0.3, 0.4) is 0 Å². The number of hydrogen-bond acceptors (Lipinski definition) is 6. The van der Waals surface area contributed by atoms with Crippen LogP contribution in [-0.2, 0) is 23.9 Å². The molecule has 1 aromatic heterocycles. The van der Waals surface area contributed by atoms with E-state index in [4.69, 9.17) is 13.9 Å². The minimum absolute atomic E-state index is 0.121. The molecule has 0 bridgehead atoms. The lowest BCUT2D eigenvalue weighted by atomic mass is 10.0. The normalized spacial score (nSPS) is 22.9. The zero-order valence-electron chi connectivity index (χ0n) is 11.3. The molecule has 2 rings (SSSR count). The molecule has 0 amide bonds. The molecule has 1 aliphatic carbocycles. The number of aldehydes is 1. The molecule has 0 unspecified atom stereocenters. The van der Waals surface area contributed by atoms with E-state index in [1.165, 1.54) is 6.26 Å². The third-order valence-electron chi connectivity index (χ3n) is 3.49. The highest BCUT2D eigenvalue weighted by Crippen LogP contribution is 2.65. The van der Waals surface area contributed by atoms with E-state index in [0.29, 0.717) is 12.0 Å². The van der Waals surface area contributed by atoms with Gasteiger partial charge in [-0.05, 0) is 26.0 Å². The number of rotatable bonds is 6. The molecule has 1 aromatic rings. The lowest BCUT2D eigenvalue weighted by Crippen LogP contribution is -2.33. The predicted octanol–water partition coefficient (Wildman–Crippen LogP) is 1.30. The fraction of sp³-hybridized carbons (Fsp3) is 0.500. The predicted molar refractivity (Wildman–Crippen MR) is 66.7 cm³/mol. The van der Waals surface area contributed by atoms with Crippen molar-refractivity contribution < 1.29 is 28.3 Å². The quantitative estimate of drug-likeness (QED) is 0.444. The van der Waals surface area contributed by atoms with Gasteiger partial charge in [0.15, 0.2) is 5.41 Å². The Kier molecular flexibility index (Phi) is 3.92. The lowest BCUT2D eigenvalue weighted by molar-refractivity contribution is -0.165. The first-order chi connectivity index (χ1) is 9.64. The van der Waals surface area contributed by atoms with E-state index in [-0.39, 0.29) is 13.2 Å². The van der Waals surface area contributed by atoms with Crippen LogP contribution in [0.1, 0.15) is 25.5 Å². The monoisotopic (exact) mass is 280 g/mol. The maximum atomic E-state index is 12.2. The van der Waals surface area contributed by atoms with Crippen LogP contribution in [0.25, 0.3) is 0 Å². The van der Waals surface area contributed by atoms with E-state index in [1.54, 1.807) is 26.0 Å². The number of carbonyl (C=O) groups is 3. The molecule has 0 N–H and O–H groups in total. The van der Waals surface area contributed by atoms with Crippen molar-refractivity contribution in [2.75, 3.05) is 13.2 Å². The summed E-state index contributed by atoms with van der Waals surface area (Å²) in [6, 6.07) is 3.26. The Morgan fingerprint density at radius 1 is 1.30 bits per heavy atom. The Bertz CT molecular complexity index is 486. The van der Waals surface area contributed by atoms with E-state index < -0.39 is 29.2 Å². The molecule has 0 radical (unpaired) electrons. The highest BCUT2D eigenvalue weighted by Gasteiger charge is 2.78. The first-order valence-corrected chi connectivity index (χ1v) is 6.47. The summed E-state index contributed by atoms with van der Waals surface area (Å²) in [6.45, 7) is 3.51. The summed E-state index contributed by atoms with van der Waals surface area (Å²) in [4.78, 5) is 35.6. The fourth-order valence-electron chi connectivity index (χ4n) is 2.58. The zero-order valence-corrected chi connectivity index (χ0v) is 11.3. The van der Waals surface area contributed by atoms with Gasteiger partial charge in [0, 0.05) is 0 Å². The molecule has 0 saturated heterocycles. The van der Waals surface area contributed by atoms with Gasteiger partial charge in [-0.3, -0.25) is 9.59 Å². The summed E-state index contributed by atoms with van der Waals surface area (Å²) in [5.74, 6) is -2.54. The van der Waals surface area contributed by atoms with Crippen molar-refractivity contribution in [1.29, 1.82) is 0 Å². The van der Waals surface area contributed by atoms with E-state index in [0.717, 1.165) is 0 Å². The first-order valence-electron chi connectivity index (χ1n) is 6.47. The van der Waals surface area contributed by atoms with E-state index in [9.17, 15) is 14.4 Å². The molecule has 6 nitrogen and oxygen atoms in total. The maximum Gasteiger partial charge on any atom is 0.325 e. The van der Waals surface area contributed by atoms with Gasteiger partial charge in [-0.2, -0.15) is 0 Å². The van der Waals surface area contributed by atoms with Crippen molar-refractivity contribution in [3.05, 3.63) is 24.2 Å². The number of ether oxygens (including phenoxy) is 2. The third-order valence-corrected chi connectivity index (χ3v) is 3.49. The van der Waals surface area contributed by atoms with Crippen molar-refractivity contribution >= 4 is 18.2 Å². The van der Waals surface area contributed by atoms with Crippen LogP contribution in [0, 0.1) is 11.3 Å². The molecule has 1 saturated carbocycles. The SMILES string of the molecule is CCOC(=O)C1(C(=O)OCC)[C@H](C=O)[C@H]1c1ccco1. The van der Waals surface area contributed by atoms with Gasteiger partial charge in [0.1, 0.15) is 12.0 Å². The molecule has 1 fully saturated rings. The molecule has 0 spiro atoms. The Morgan fingerprint density at radius 3 is 2.30 bits per heavy atom. The molecular formula is C14H16O6. The number of carbonyl (C=O) groups excluding carboxylic acids is 3. The van der Waals surface area contributed by atoms with Gasteiger partial charge < -0.3 is 18.7 Å². The minimum Gasteiger partial charge on any atom is -0.469 e. The Morgan fingerprint density at radius 2 is 1.90 bits per heavy atom. The Hall–Kier alpha value is -2.11. The topological polar surface area (TPSA) is 82.8 Å². The second kappa shape index (κ2) is 5.48. The average molecular weight is 280 g/mol. The molecule has 1 aliphatic rings. The van der Waals surface area contributed by atoms with Crippen molar-refractivity contribution in [1.82, 2.24) is 0 Å².